The predicted molar refractivity (Wildman–Crippen MR) is 73.6 cm³/mol. The van der Waals surface area contributed by atoms with Crippen molar-refractivity contribution in [1.82, 2.24) is 0 Å². The third kappa shape index (κ3) is 3.45. The Morgan fingerprint density at radius 2 is 1.35 bits per heavy atom. The van der Waals surface area contributed by atoms with Crippen LogP contribution in [0.25, 0.3) is 0 Å². The predicted octanol–water partition coefficient (Wildman–Crippen LogP) is 3.75. The molecule has 0 unspecified atom stereocenters. The first kappa shape index (κ1) is 11.4. The van der Waals surface area contributed by atoms with Crippen molar-refractivity contribution in [2.75, 3.05) is 5.43 Å². The Balaban J connectivity index is 1.97. The van der Waals surface area contributed by atoms with Gasteiger partial charge in [-0.3, -0.25) is 5.43 Å². The smallest absolute Gasteiger partial charge is 0.0561 e. The highest BCUT2D eigenvalue weighted by molar-refractivity contribution is 5.80. The Labute approximate surface area is 102 Å². The maximum Gasteiger partial charge on any atom is 0.0561 e. The SMILES string of the molecule is Cc1ccc(/C=N\Nc2ccc(C)cc2)cc1. The van der Waals surface area contributed by atoms with Crippen LogP contribution in [-0.4, -0.2) is 6.21 Å². The van der Waals surface area contributed by atoms with Crippen molar-refractivity contribution in [2.45, 2.75) is 13.8 Å². The van der Waals surface area contributed by atoms with Gasteiger partial charge < -0.3 is 0 Å². The summed E-state index contributed by atoms with van der Waals surface area (Å²) in [5, 5.41) is 4.20. The highest BCUT2D eigenvalue weighted by Crippen LogP contribution is 2.08. The number of nitrogens with one attached hydrogen (secondary N) is 1. The Kier molecular flexibility index (Phi) is 3.55. The average molecular weight is 224 g/mol. The molecule has 0 saturated carbocycles. The number of nitrogens with zero attached hydrogens (tertiary/aromatic N) is 1. The quantitative estimate of drug-likeness (QED) is 0.623. The Morgan fingerprint density at radius 1 is 0.824 bits per heavy atom. The summed E-state index contributed by atoms with van der Waals surface area (Å²) in [6.07, 6.45) is 1.82. The first-order valence-corrected chi connectivity index (χ1v) is 5.66. The molecule has 0 atom stereocenters. The zero-order valence-corrected chi connectivity index (χ0v) is 10.1. The fourth-order valence-electron chi connectivity index (χ4n) is 1.46. The first-order chi connectivity index (χ1) is 8.24. The molecule has 2 aromatic rings. The molecule has 0 amide bonds. The molecule has 0 spiro atoms. The molecule has 1 N–H and O–H groups in total. The highest BCUT2D eigenvalue weighted by atomic mass is 15.3. The fourth-order valence-corrected chi connectivity index (χ4v) is 1.46. The molecular weight excluding hydrogens is 208 g/mol. The van der Waals surface area contributed by atoms with Crippen molar-refractivity contribution in [3.05, 3.63) is 65.2 Å². The molecule has 0 aromatic heterocycles. The van der Waals surface area contributed by atoms with E-state index < -0.39 is 0 Å². The zero-order valence-electron chi connectivity index (χ0n) is 10.1. The second-order valence-electron chi connectivity index (χ2n) is 4.15. The molecule has 2 heteroatoms. The Bertz CT molecular complexity index is 495. The van der Waals surface area contributed by atoms with Gasteiger partial charge in [0.1, 0.15) is 0 Å². The van der Waals surface area contributed by atoms with Gasteiger partial charge in [-0.1, -0.05) is 47.5 Å². The summed E-state index contributed by atoms with van der Waals surface area (Å²) >= 11 is 0. The molecule has 0 bridgehead atoms. The fraction of sp³-hybridized carbons (Fsp3) is 0.133. The molecule has 2 rings (SSSR count). The van der Waals surface area contributed by atoms with Gasteiger partial charge in [-0.15, -0.1) is 0 Å². The molecule has 0 saturated heterocycles. The van der Waals surface area contributed by atoms with Gasteiger partial charge in [0.25, 0.3) is 0 Å². The van der Waals surface area contributed by atoms with Gasteiger partial charge in [-0.05, 0) is 31.5 Å². The normalized spacial score (nSPS) is 10.7. The molecule has 0 fully saturated rings. The van der Waals surface area contributed by atoms with Crippen molar-refractivity contribution < 1.29 is 0 Å². The van der Waals surface area contributed by atoms with Crippen LogP contribution in [0.5, 0.6) is 0 Å². The third-order valence-corrected chi connectivity index (χ3v) is 2.54. The van der Waals surface area contributed by atoms with Crippen LogP contribution in [0, 0.1) is 13.8 Å². The van der Waals surface area contributed by atoms with E-state index in [2.05, 4.69) is 60.8 Å². The monoisotopic (exact) mass is 224 g/mol. The Morgan fingerprint density at radius 3 is 1.94 bits per heavy atom. The lowest BCUT2D eigenvalue weighted by atomic mass is 10.2. The van der Waals surface area contributed by atoms with E-state index in [1.54, 1.807) is 0 Å². The van der Waals surface area contributed by atoms with Gasteiger partial charge in [-0.2, -0.15) is 5.10 Å². The molecule has 0 radical (unpaired) electrons. The molecule has 2 aromatic carbocycles. The molecule has 0 aliphatic carbocycles. The van der Waals surface area contributed by atoms with E-state index in [0.717, 1.165) is 11.3 Å². The van der Waals surface area contributed by atoms with Crippen LogP contribution in [0.3, 0.4) is 0 Å². The lowest BCUT2D eigenvalue weighted by Crippen LogP contribution is -1.90. The van der Waals surface area contributed by atoms with Gasteiger partial charge in [0.2, 0.25) is 0 Å². The molecule has 0 aliphatic rings. The zero-order chi connectivity index (χ0) is 12.1. The van der Waals surface area contributed by atoms with Crippen molar-refractivity contribution in [3.63, 3.8) is 0 Å². The minimum Gasteiger partial charge on any atom is -0.279 e. The largest absolute Gasteiger partial charge is 0.279 e. The van der Waals surface area contributed by atoms with Crippen LogP contribution in [0.15, 0.2) is 53.6 Å². The van der Waals surface area contributed by atoms with E-state index >= 15 is 0 Å². The molecule has 17 heavy (non-hydrogen) atoms. The summed E-state index contributed by atoms with van der Waals surface area (Å²) in [7, 11) is 0. The van der Waals surface area contributed by atoms with Crippen LogP contribution in [0.4, 0.5) is 5.69 Å². The number of benzene rings is 2. The van der Waals surface area contributed by atoms with Gasteiger partial charge in [-0.25, -0.2) is 0 Å². The summed E-state index contributed by atoms with van der Waals surface area (Å²) in [6, 6.07) is 16.4. The molecule has 86 valence electrons. The topological polar surface area (TPSA) is 24.4 Å². The number of anilines is 1. The average Bonchev–Trinajstić information content (AvgIpc) is 2.34. The summed E-state index contributed by atoms with van der Waals surface area (Å²) in [4.78, 5) is 0. The number of hydrogen-bond acceptors (Lipinski definition) is 2. The lowest BCUT2D eigenvalue weighted by molar-refractivity contribution is 1.33. The lowest BCUT2D eigenvalue weighted by Gasteiger charge is -2.00. The summed E-state index contributed by atoms with van der Waals surface area (Å²) < 4.78 is 0. The second kappa shape index (κ2) is 5.30. The van der Waals surface area contributed by atoms with E-state index in [4.69, 9.17) is 0 Å². The number of aryl methyl sites for hydroxylation is 2. The van der Waals surface area contributed by atoms with Gasteiger partial charge in [0, 0.05) is 0 Å². The molecule has 0 aliphatic heterocycles. The van der Waals surface area contributed by atoms with Crippen LogP contribution in [0.1, 0.15) is 16.7 Å². The van der Waals surface area contributed by atoms with Crippen LogP contribution >= 0.6 is 0 Å². The van der Waals surface area contributed by atoms with Gasteiger partial charge in [0.05, 0.1) is 11.9 Å². The summed E-state index contributed by atoms with van der Waals surface area (Å²) in [5.41, 5.74) is 7.60. The van der Waals surface area contributed by atoms with E-state index in [0.29, 0.717) is 0 Å². The van der Waals surface area contributed by atoms with Crippen LogP contribution < -0.4 is 5.43 Å². The first-order valence-electron chi connectivity index (χ1n) is 5.66. The minimum absolute atomic E-state index is 0.999. The number of hydrazone groups is 1. The molecule has 2 nitrogen and oxygen atoms in total. The maximum absolute atomic E-state index is 4.20. The van der Waals surface area contributed by atoms with E-state index in [-0.39, 0.29) is 0 Å². The van der Waals surface area contributed by atoms with E-state index in [9.17, 15) is 0 Å². The third-order valence-electron chi connectivity index (χ3n) is 2.54. The minimum atomic E-state index is 0.999. The highest BCUT2D eigenvalue weighted by Gasteiger charge is 1.89. The second-order valence-corrected chi connectivity index (χ2v) is 4.15. The van der Waals surface area contributed by atoms with Gasteiger partial charge >= 0.3 is 0 Å². The van der Waals surface area contributed by atoms with Crippen LogP contribution in [0.2, 0.25) is 0 Å². The van der Waals surface area contributed by atoms with Crippen molar-refractivity contribution in [2.24, 2.45) is 5.10 Å². The molecule has 0 heterocycles. The number of rotatable bonds is 3. The van der Waals surface area contributed by atoms with Crippen molar-refractivity contribution in [3.8, 4) is 0 Å². The van der Waals surface area contributed by atoms with Crippen molar-refractivity contribution in [1.29, 1.82) is 0 Å². The summed E-state index contributed by atoms with van der Waals surface area (Å²) in [5.74, 6) is 0. The molecular formula is C15H16N2. The Hall–Kier alpha value is -2.09. The van der Waals surface area contributed by atoms with Crippen LogP contribution in [-0.2, 0) is 0 Å². The number of hydrogen-bond donors (Lipinski definition) is 1. The van der Waals surface area contributed by atoms with Gasteiger partial charge in [0.15, 0.2) is 0 Å². The van der Waals surface area contributed by atoms with E-state index in [1.165, 1.54) is 11.1 Å². The summed E-state index contributed by atoms with van der Waals surface area (Å²) in [6.45, 7) is 4.14. The van der Waals surface area contributed by atoms with Crippen molar-refractivity contribution >= 4 is 11.9 Å². The maximum atomic E-state index is 4.20. The standard InChI is InChI=1S/C15H16N2/c1-12-3-7-14(8-4-12)11-16-17-15-9-5-13(2)6-10-15/h3-11,17H,1-2H3/b16-11-. The van der Waals surface area contributed by atoms with E-state index in [1.807, 2.05) is 18.3 Å².